The van der Waals surface area contributed by atoms with E-state index in [2.05, 4.69) is 0 Å². The number of hydrogen-bond donors (Lipinski definition) is 1. The monoisotopic (exact) mass is 211 g/mol. The van der Waals surface area contributed by atoms with Crippen molar-refractivity contribution in [1.82, 2.24) is 9.47 Å². The third-order valence-electron chi connectivity index (χ3n) is 2.22. The van der Waals surface area contributed by atoms with Crippen LogP contribution in [-0.4, -0.2) is 42.7 Å². The highest BCUT2D eigenvalue weighted by molar-refractivity contribution is 5.93. The number of carbonyl (C=O) groups is 1. The number of rotatable bonds is 4. The lowest BCUT2D eigenvalue weighted by molar-refractivity contribution is 0.0735. The Morgan fingerprint density at radius 3 is 2.80 bits per heavy atom. The molecule has 0 bridgehead atoms. The Morgan fingerprint density at radius 2 is 2.33 bits per heavy atom. The third kappa shape index (κ3) is 2.73. The van der Waals surface area contributed by atoms with Crippen molar-refractivity contribution >= 4 is 11.6 Å². The number of nitrogens with two attached hydrogens (primary N) is 1. The summed E-state index contributed by atoms with van der Waals surface area (Å²) in [5.41, 5.74) is 6.79. The van der Waals surface area contributed by atoms with E-state index in [9.17, 15) is 4.79 Å². The number of nitrogens with zero attached hydrogens (tertiary/aromatic N) is 2. The lowest BCUT2D eigenvalue weighted by Gasteiger charge is -2.16. The summed E-state index contributed by atoms with van der Waals surface area (Å²) in [6.45, 7) is 1.10. The highest BCUT2D eigenvalue weighted by atomic mass is 16.5. The molecule has 0 saturated carbocycles. The summed E-state index contributed by atoms with van der Waals surface area (Å²) in [4.78, 5) is 13.5. The molecule has 0 fully saturated rings. The average Bonchev–Trinajstić information content (AvgIpc) is 2.53. The molecular weight excluding hydrogens is 194 g/mol. The second-order valence-corrected chi connectivity index (χ2v) is 3.49. The summed E-state index contributed by atoms with van der Waals surface area (Å²) >= 11 is 0. The smallest absolute Gasteiger partial charge is 0.270 e. The molecule has 1 aromatic heterocycles. The number of anilines is 1. The summed E-state index contributed by atoms with van der Waals surface area (Å²) in [6, 6.07) is 1.67. The fourth-order valence-electron chi connectivity index (χ4n) is 1.33. The first-order chi connectivity index (χ1) is 7.06. The Balaban J connectivity index is 2.71. The van der Waals surface area contributed by atoms with Gasteiger partial charge in [0.25, 0.3) is 5.91 Å². The Bertz CT molecular complexity index is 346. The molecule has 0 aliphatic carbocycles. The van der Waals surface area contributed by atoms with Crippen LogP contribution in [0, 0.1) is 0 Å². The molecule has 1 aromatic rings. The molecule has 0 aromatic carbocycles. The lowest BCUT2D eigenvalue weighted by atomic mass is 10.3. The van der Waals surface area contributed by atoms with Gasteiger partial charge in [-0.2, -0.15) is 0 Å². The molecule has 0 spiro atoms. The first kappa shape index (κ1) is 11.6. The molecule has 15 heavy (non-hydrogen) atoms. The van der Waals surface area contributed by atoms with Crippen molar-refractivity contribution in [2.24, 2.45) is 7.05 Å². The van der Waals surface area contributed by atoms with Crippen molar-refractivity contribution in [2.45, 2.75) is 0 Å². The molecule has 5 nitrogen and oxygen atoms in total. The maximum Gasteiger partial charge on any atom is 0.270 e. The van der Waals surface area contributed by atoms with Gasteiger partial charge in [-0.25, -0.2) is 0 Å². The van der Waals surface area contributed by atoms with Gasteiger partial charge < -0.3 is 19.9 Å². The minimum absolute atomic E-state index is 0.0498. The molecule has 1 heterocycles. The first-order valence-electron chi connectivity index (χ1n) is 4.72. The van der Waals surface area contributed by atoms with Crippen LogP contribution in [0.25, 0.3) is 0 Å². The number of methoxy groups -OCH3 is 1. The maximum absolute atomic E-state index is 11.9. The van der Waals surface area contributed by atoms with E-state index in [4.69, 9.17) is 10.5 Å². The van der Waals surface area contributed by atoms with Gasteiger partial charge in [-0.05, 0) is 6.07 Å². The Morgan fingerprint density at radius 1 is 1.67 bits per heavy atom. The minimum Gasteiger partial charge on any atom is -0.397 e. The highest BCUT2D eigenvalue weighted by Crippen LogP contribution is 2.10. The highest BCUT2D eigenvalue weighted by Gasteiger charge is 2.14. The van der Waals surface area contributed by atoms with Crippen molar-refractivity contribution in [1.29, 1.82) is 0 Å². The minimum atomic E-state index is -0.0498. The Hall–Kier alpha value is -1.49. The SMILES string of the molecule is COCCN(C)C(=O)c1cc(N)cn1C. The van der Waals surface area contributed by atoms with Crippen molar-refractivity contribution in [2.75, 3.05) is 33.0 Å². The van der Waals surface area contributed by atoms with Gasteiger partial charge in [-0.3, -0.25) is 4.79 Å². The van der Waals surface area contributed by atoms with Gasteiger partial charge >= 0.3 is 0 Å². The van der Waals surface area contributed by atoms with Gasteiger partial charge in [0.1, 0.15) is 5.69 Å². The van der Waals surface area contributed by atoms with Crippen molar-refractivity contribution in [3.63, 3.8) is 0 Å². The zero-order chi connectivity index (χ0) is 11.4. The van der Waals surface area contributed by atoms with Crippen molar-refractivity contribution < 1.29 is 9.53 Å². The normalized spacial score (nSPS) is 10.3. The number of ether oxygens (including phenoxy) is 1. The number of amides is 1. The average molecular weight is 211 g/mol. The molecule has 1 amide bonds. The molecule has 0 radical (unpaired) electrons. The fourth-order valence-corrected chi connectivity index (χ4v) is 1.33. The van der Waals surface area contributed by atoms with Crippen LogP contribution in [0.1, 0.15) is 10.5 Å². The first-order valence-corrected chi connectivity index (χ1v) is 4.72. The number of aryl methyl sites for hydroxylation is 1. The van der Waals surface area contributed by atoms with Gasteiger partial charge in [-0.15, -0.1) is 0 Å². The maximum atomic E-state index is 11.9. The number of nitrogen functional groups attached to an aromatic ring is 1. The largest absolute Gasteiger partial charge is 0.397 e. The predicted molar refractivity (Wildman–Crippen MR) is 58.7 cm³/mol. The quantitative estimate of drug-likeness (QED) is 0.780. The molecular formula is C10H17N3O2. The van der Waals surface area contributed by atoms with Gasteiger partial charge in [0.2, 0.25) is 0 Å². The second kappa shape index (κ2) is 4.84. The van der Waals surface area contributed by atoms with Crippen LogP contribution in [0.4, 0.5) is 5.69 Å². The van der Waals surface area contributed by atoms with Crippen LogP contribution in [0.5, 0.6) is 0 Å². The van der Waals surface area contributed by atoms with Crippen LogP contribution in [0.2, 0.25) is 0 Å². The van der Waals surface area contributed by atoms with Crippen LogP contribution >= 0.6 is 0 Å². The lowest BCUT2D eigenvalue weighted by Crippen LogP contribution is -2.31. The van der Waals surface area contributed by atoms with Crippen LogP contribution in [-0.2, 0) is 11.8 Å². The molecule has 0 aliphatic rings. The molecule has 0 aliphatic heterocycles. The van der Waals surface area contributed by atoms with Gasteiger partial charge in [0, 0.05) is 33.9 Å². The van der Waals surface area contributed by atoms with Crippen LogP contribution < -0.4 is 5.73 Å². The fraction of sp³-hybridized carbons (Fsp3) is 0.500. The van der Waals surface area contributed by atoms with Crippen LogP contribution in [0.15, 0.2) is 12.3 Å². The van der Waals surface area contributed by atoms with Gasteiger partial charge in [-0.1, -0.05) is 0 Å². The van der Waals surface area contributed by atoms with Gasteiger partial charge in [0.15, 0.2) is 0 Å². The van der Waals surface area contributed by atoms with Gasteiger partial charge in [0.05, 0.1) is 12.3 Å². The van der Waals surface area contributed by atoms with Crippen molar-refractivity contribution in [3.8, 4) is 0 Å². The molecule has 0 atom stereocenters. The number of carbonyl (C=O) groups excluding carboxylic acids is 1. The van der Waals surface area contributed by atoms with E-state index in [1.165, 1.54) is 0 Å². The summed E-state index contributed by atoms with van der Waals surface area (Å²) in [6.07, 6.45) is 1.72. The van der Waals surface area contributed by atoms with Crippen molar-refractivity contribution in [3.05, 3.63) is 18.0 Å². The van der Waals surface area contributed by atoms with Crippen LogP contribution in [0.3, 0.4) is 0 Å². The zero-order valence-corrected chi connectivity index (χ0v) is 9.36. The zero-order valence-electron chi connectivity index (χ0n) is 9.36. The molecule has 2 N–H and O–H groups in total. The van der Waals surface area contributed by atoms with E-state index in [1.807, 2.05) is 0 Å². The number of aromatic nitrogens is 1. The Kier molecular flexibility index (Phi) is 3.74. The van der Waals surface area contributed by atoms with E-state index in [0.29, 0.717) is 24.5 Å². The van der Waals surface area contributed by atoms with E-state index < -0.39 is 0 Å². The molecule has 0 saturated heterocycles. The topological polar surface area (TPSA) is 60.5 Å². The van der Waals surface area contributed by atoms with E-state index >= 15 is 0 Å². The summed E-state index contributed by atoms with van der Waals surface area (Å²) < 4.78 is 6.63. The molecule has 0 unspecified atom stereocenters. The summed E-state index contributed by atoms with van der Waals surface area (Å²) in [7, 11) is 5.15. The third-order valence-corrected chi connectivity index (χ3v) is 2.22. The standard InChI is InChI=1S/C10H17N3O2/c1-12(4-5-15-3)10(14)9-6-8(11)7-13(9)2/h6-7H,4-5,11H2,1-3H3. The van der Waals surface area contributed by atoms with E-state index in [0.717, 1.165) is 0 Å². The molecule has 1 rings (SSSR count). The number of hydrogen-bond acceptors (Lipinski definition) is 3. The summed E-state index contributed by atoms with van der Waals surface area (Å²) in [5, 5.41) is 0. The summed E-state index contributed by atoms with van der Waals surface area (Å²) in [5.74, 6) is -0.0498. The Labute approximate surface area is 89.4 Å². The molecule has 5 heteroatoms. The second-order valence-electron chi connectivity index (χ2n) is 3.49. The predicted octanol–water partition coefficient (Wildman–Crippen LogP) is 0.326. The van der Waals surface area contributed by atoms with E-state index in [1.54, 1.807) is 42.9 Å². The number of likely N-dealkylation sites (N-methyl/N-ethyl adjacent to an activating group) is 1. The van der Waals surface area contributed by atoms with E-state index in [-0.39, 0.29) is 5.91 Å². The molecule has 84 valence electrons.